The molecule has 0 spiro atoms. The van der Waals surface area contributed by atoms with Crippen molar-refractivity contribution in [3.63, 3.8) is 0 Å². The lowest BCUT2D eigenvalue weighted by atomic mass is 9.73. The molecule has 0 fully saturated rings. The van der Waals surface area contributed by atoms with Crippen molar-refractivity contribution in [3.8, 4) is 0 Å². The molecule has 138 valence electrons. The topological polar surface area (TPSA) is 27.7 Å². The summed E-state index contributed by atoms with van der Waals surface area (Å²) in [6, 6.07) is 0. The Kier molecular flexibility index (Phi) is 12.5. The van der Waals surface area contributed by atoms with Crippen molar-refractivity contribution in [2.24, 2.45) is 5.41 Å². The minimum atomic E-state index is -0.545. The molecule has 0 aromatic carbocycles. The van der Waals surface area contributed by atoms with Crippen LogP contribution in [0.1, 0.15) is 85.5 Å². The van der Waals surface area contributed by atoms with E-state index in [0.717, 1.165) is 25.9 Å². The van der Waals surface area contributed by atoms with E-state index in [0.29, 0.717) is 0 Å². The van der Waals surface area contributed by atoms with Gasteiger partial charge in [0.25, 0.3) is 0 Å². The molecule has 0 aliphatic rings. The van der Waals surface area contributed by atoms with Crippen LogP contribution in [0.15, 0.2) is 12.3 Å². The van der Waals surface area contributed by atoms with E-state index >= 15 is 0 Å². The molecule has 0 aliphatic heterocycles. The minimum absolute atomic E-state index is 0.000541. The molecule has 0 unspecified atom stereocenters. The number of unbranched alkanes of at least 4 members (excludes halogenated alkanes) is 5. The second-order valence-electron chi connectivity index (χ2n) is 6.88. The van der Waals surface area contributed by atoms with Crippen molar-refractivity contribution >= 4 is 0 Å². The average molecular weight is 329 g/mol. The zero-order valence-electron chi connectivity index (χ0n) is 16.5. The third-order valence-corrected chi connectivity index (χ3v) is 5.18. The van der Waals surface area contributed by atoms with Crippen LogP contribution in [0.5, 0.6) is 0 Å². The molecule has 0 N–H and O–H groups in total. The molecule has 23 heavy (non-hydrogen) atoms. The van der Waals surface area contributed by atoms with Crippen LogP contribution in [-0.2, 0) is 14.2 Å². The molecule has 0 aliphatic carbocycles. The maximum absolute atomic E-state index is 5.75. The monoisotopic (exact) mass is 328 g/mol. The van der Waals surface area contributed by atoms with Crippen LogP contribution in [0, 0.1) is 5.41 Å². The SMILES string of the molecule is CC=COCCC[C@@](C)(CCCCCCCC)C(C)(OC)OC. The van der Waals surface area contributed by atoms with Gasteiger partial charge in [0.05, 0.1) is 12.9 Å². The Hall–Kier alpha value is -0.540. The molecular formula is C20H40O3. The molecule has 0 saturated carbocycles. The van der Waals surface area contributed by atoms with E-state index in [2.05, 4.69) is 20.8 Å². The maximum atomic E-state index is 5.75. The first-order valence-corrected chi connectivity index (χ1v) is 9.32. The fourth-order valence-electron chi connectivity index (χ4n) is 3.16. The third kappa shape index (κ3) is 8.21. The Labute approximate surface area is 144 Å². The van der Waals surface area contributed by atoms with Gasteiger partial charge in [0.1, 0.15) is 0 Å². The van der Waals surface area contributed by atoms with Crippen LogP contribution < -0.4 is 0 Å². The fourth-order valence-corrected chi connectivity index (χ4v) is 3.16. The molecule has 3 heteroatoms. The van der Waals surface area contributed by atoms with Crippen molar-refractivity contribution < 1.29 is 14.2 Å². The lowest BCUT2D eigenvalue weighted by Crippen LogP contribution is -2.47. The molecule has 0 rings (SSSR count). The summed E-state index contributed by atoms with van der Waals surface area (Å²) in [5.74, 6) is -0.545. The van der Waals surface area contributed by atoms with Gasteiger partial charge in [-0.15, -0.1) is 0 Å². The standard InChI is InChI=1S/C20H40O3/c1-7-9-10-11-12-13-15-19(3,20(4,21-5)22-6)16-14-18-23-17-8-2/h8,17H,7,9-16,18H2,1-6H3/t19-/m1/s1. The first-order valence-electron chi connectivity index (χ1n) is 9.32. The lowest BCUT2D eigenvalue weighted by molar-refractivity contribution is -0.265. The van der Waals surface area contributed by atoms with Gasteiger partial charge >= 0.3 is 0 Å². The van der Waals surface area contributed by atoms with Gasteiger partial charge in [-0.3, -0.25) is 0 Å². The second-order valence-corrected chi connectivity index (χ2v) is 6.88. The highest BCUT2D eigenvalue weighted by molar-refractivity contribution is 4.87. The average Bonchev–Trinajstić information content (AvgIpc) is 2.57. The van der Waals surface area contributed by atoms with E-state index in [1.807, 2.05) is 13.0 Å². The zero-order valence-corrected chi connectivity index (χ0v) is 16.5. The van der Waals surface area contributed by atoms with Crippen molar-refractivity contribution in [3.05, 3.63) is 12.3 Å². The van der Waals surface area contributed by atoms with E-state index in [9.17, 15) is 0 Å². The number of allylic oxidation sites excluding steroid dienone is 1. The van der Waals surface area contributed by atoms with Gasteiger partial charge in [-0.1, -0.05) is 58.4 Å². The molecule has 0 saturated heterocycles. The lowest BCUT2D eigenvalue weighted by Gasteiger charge is -2.44. The molecule has 3 nitrogen and oxygen atoms in total. The molecule has 1 atom stereocenters. The molecule has 0 heterocycles. The molecule has 0 aromatic rings. The second kappa shape index (κ2) is 12.8. The summed E-state index contributed by atoms with van der Waals surface area (Å²) >= 11 is 0. The summed E-state index contributed by atoms with van der Waals surface area (Å²) in [5.41, 5.74) is 0.000541. The van der Waals surface area contributed by atoms with Gasteiger partial charge in [-0.25, -0.2) is 0 Å². The number of ether oxygens (including phenoxy) is 3. The van der Waals surface area contributed by atoms with Gasteiger partial charge in [-0.2, -0.15) is 0 Å². The summed E-state index contributed by atoms with van der Waals surface area (Å²) < 4.78 is 17.0. The van der Waals surface area contributed by atoms with Crippen LogP contribution in [0.4, 0.5) is 0 Å². The quantitative estimate of drug-likeness (QED) is 0.207. The van der Waals surface area contributed by atoms with E-state index in [1.54, 1.807) is 20.5 Å². The number of methoxy groups -OCH3 is 2. The highest BCUT2D eigenvalue weighted by atomic mass is 16.7. The van der Waals surface area contributed by atoms with Crippen LogP contribution in [0.25, 0.3) is 0 Å². The number of rotatable bonds is 15. The predicted molar refractivity (Wildman–Crippen MR) is 98.5 cm³/mol. The Balaban J connectivity index is 4.48. The largest absolute Gasteiger partial charge is 0.502 e. The Morgan fingerprint density at radius 3 is 1.96 bits per heavy atom. The molecule has 0 amide bonds. The van der Waals surface area contributed by atoms with E-state index in [1.165, 1.54) is 38.5 Å². The van der Waals surface area contributed by atoms with Gasteiger partial charge in [0.2, 0.25) is 0 Å². The molecular weight excluding hydrogens is 288 g/mol. The summed E-state index contributed by atoms with van der Waals surface area (Å²) in [5, 5.41) is 0. The van der Waals surface area contributed by atoms with Gasteiger partial charge in [-0.05, 0) is 33.1 Å². The van der Waals surface area contributed by atoms with Crippen LogP contribution >= 0.6 is 0 Å². The van der Waals surface area contributed by atoms with Gasteiger partial charge < -0.3 is 14.2 Å². The number of hydrogen-bond acceptors (Lipinski definition) is 3. The fraction of sp³-hybridized carbons (Fsp3) is 0.900. The first-order chi connectivity index (χ1) is 11.0. The smallest absolute Gasteiger partial charge is 0.170 e. The Bertz CT molecular complexity index is 297. The van der Waals surface area contributed by atoms with Crippen LogP contribution in [-0.4, -0.2) is 26.6 Å². The summed E-state index contributed by atoms with van der Waals surface area (Å²) in [6.45, 7) is 9.34. The van der Waals surface area contributed by atoms with Crippen molar-refractivity contribution in [2.75, 3.05) is 20.8 Å². The Morgan fingerprint density at radius 1 is 0.826 bits per heavy atom. The predicted octanol–water partition coefficient (Wildman–Crippen LogP) is 6.08. The van der Waals surface area contributed by atoms with Crippen molar-refractivity contribution in [2.45, 2.75) is 91.3 Å². The van der Waals surface area contributed by atoms with E-state index in [4.69, 9.17) is 14.2 Å². The maximum Gasteiger partial charge on any atom is 0.170 e. The van der Waals surface area contributed by atoms with Crippen molar-refractivity contribution in [1.82, 2.24) is 0 Å². The zero-order chi connectivity index (χ0) is 17.6. The summed E-state index contributed by atoms with van der Waals surface area (Å²) in [6.07, 6.45) is 14.7. The summed E-state index contributed by atoms with van der Waals surface area (Å²) in [4.78, 5) is 0. The van der Waals surface area contributed by atoms with Crippen LogP contribution in [0.3, 0.4) is 0 Å². The van der Waals surface area contributed by atoms with Crippen LogP contribution in [0.2, 0.25) is 0 Å². The highest BCUT2D eigenvalue weighted by Crippen LogP contribution is 2.43. The minimum Gasteiger partial charge on any atom is -0.502 e. The first kappa shape index (κ1) is 22.5. The molecule has 0 aromatic heterocycles. The normalized spacial score (nSPS) is 15.0. The van der Waals surface area contributed by atoms with E-state index < -0.39 is 5.79 Å². The van der Waals surface area contributed by atoms with Gasteiger partial charge in [0.15, 0.2) is 5.79 Å². The third-order valence-electron chi connectivity index (χ3n) is 5.18. The Morgan fingerprint density at radius 2 is 1.39 bits per heavy atom. The summed E-state index contributed by atoms with van der Waals surface area (Å²) in [7, 11) is 3.50. The number of hydrogen-bond donors (Lipinski definition) is 0. The van der Waals surface area contributed by atoms with Crippen molar-refractivity contribution in [1.29, 1.82) is 0 Å². The molecule has 0 bridgehead atoms. The highest BCUT2D eigenvalue weighted by Gasteiger charge is 2.44. The van der Waals surface area contributed by atoms with Gasteiger partial charge in [0, 0.05) is 19.6 Å². The molecule has 0 radical (unpaired) electrons. The van der Waals surface area contributed by atoms with E-state index in [-0.39, 0.29) is 5.41 Å².